The minimum Gasteiger partial charge on any atom is -0.504 e. The van der Waals surface area contributed by atoms with Gasteiger partial charge in [-0.25, -0.2) is 8.42 Å². The van der Waals surface area contributed by atoms with Crippen molar-refractivity contribution in [1.82, 2.24) is 0 Å². The Bertz CT molecular complexity index is 841. The lowest BCUT2D eigenvalue weighted by Gasteiger charge is -2.08. The zero-order valence-electron chi connectivity index (χ0n) is 10.9. The van der Waals surface area contributed by atoms with Gasteiger partial charge in [-0.3, -0.25) is 0 Å². The van der Waals surface area contributed by atoms with Gasteiger partial charge in [-0.15, -0.1) is 0 Å². The van der Waals surface area contributed by atoms with Crippen molar-refractivity contribution in [3.63, 3.8) is 0 Å². The third-order valence-corrected chi connectivity index (χ3v) is 4.72. The summed E-state index contributed by atoms with van der Waals surface area (Å²) in [6.07, 6.45) is 0. The van der Waals surface area contributed by atoms with Crippen molar-refractivity contribution in [2.24, 2.45) is 0 Å². The van der Waals surface area contributed by atoms with E-state index >= 15 is 0 Å². The maximum atomic E-state index is 12.5. The lowest BCUT2D eigenvalue weighted by molar-refractivity contribution is 0.372. The third kappa shape index (κ3) is 2.94. The molecule has 0 unspecified atom stereocenters. The summed E-state index contributed by atoms with van der Waals surface area (Å²) in [5.41, 5.74) is 0.145. The van der Waals surface area contributed by atoms with Gasteiger partial charge in [0.2, 0.25) is 9.84 Å². The first kappa shape index (κ1) is 15.2. The Morgan fingerprint density at radius 2 is 1.90 bits per heavy atom. The van der Waals surface area contributed by atoms with E-state index in [0.717, 1.165) is 0 Å². The number of methoxy groups -OCH3 is 1. The molecule has 1 N–H and O–H groups in total. The van der Waals surface area contributed by atoms with Crippen molar-refractivity contribution in [3.05, 3.63) is 47.0 Å². The Hall–Kier alpha value is -2.23. The quantitative estimate of drug-likeness (QED) is 0.938. The molecule has 0 heterocycles. The summed E-state index contributed by atoms with van der Waals surface area (Å²) in [6, 6.07) is 9.40. The van der Waals surface area contributed by atoms with Crippen LogP contribution in [0.2, 0.25) is 5.02 Å². The predicted octanol–water partition coefficient (Wildman–Crippen LogP) is 2.76. The predicted molar refractivity (Wildman–Crippen MR) is 76.3 cm³/mol. The zero-order chi connectivity index (χ0) is 15.6. The van der Waals surface area contributed by atoms with Gasteiger partial charge in [0.1, 0.15) is 0 Å². The van der Waals surface area contributed by atoms with Gasteiger partial charge in [-0.1, -0.05) is 11.6 Å². The SMILES string of the molecule is COc1cc(S(=O)(=O)c2cc(Cl)cc(C#N)c2)ccc1O. The molecule has 0 saturated heterocycles. The second kappa shape index (κ2) is 5.64. The Kier molecular flexibility index (Phi) is 4.07. The highest BCUT2D eigenvalue weighted by atomic mass is 35.5. The molecule has 0 aliphatic heterocycles. The summed E-state index contributed by atoms with van der Waals surface area (Å²) >= 11 is 5.83. The number of sulfone groups is 1. The van der Waals surface area contributed by atoms with Crippen LogP contribution in [0.3, 0.4) is 0 Å². The Morgan fingerprint density at radius 1 is 1.19 bits per heavy atom. The van der Waals surface area contributed by atoms with E-state index in [4.69, 9.17) is 21.6 Å². The van der Waals surface area contributed by atoms with E-state index in [1.807, 2.05) is 6.07 Å². The molecule has 21 heavy (non-hydrogen) atoms. The second-order valence-electron chi connectivity index (χ2n) is 4.12. The van der Waals surface area contributed by atoms with Crippen LogP contribution in [0.4, 0.5) is 0 Å². The highest BCUT2D eigenvalue weighted by molar-refractivity contribution is 7.91. The average Bonchev–Trinajstić information content (AvgIpc) is 2.46. The smallest absolute Gasteiger partial charge is 0.206 e. The van der Waals surface area contributed by atoms with Crippen LogP contribution in [-0.4, -0.2) is 20.6 Å². The van der Waals surface area contributed by atoms with Crippen LogP contribution in [0.15, 0.2) is 46.2 Å². The third-order valence-electron chi connectivity index (χ3n) is 2.77. The van der Waals surface area contributed by atoms with E-state index in [0.29, 0.717) is 0 Å². The van der Waals surface area contributed by atoms with Crippen LogP contribution in [0, 0.1) is 11.3 Å². The molecule has 108 valence electrons. The van der Waals surface area contributed by atoms with Gasteiger partial charge in [-0.05, 0) is 30.3 Å². The fourth-order valence-corrected chi connectivity index (χ4v) is 3.39. The molecule has 2 rings (SSSR count). The molecule has 0 spiro atoms. The maximum Gasteiger partial charge on any atom is 0.206 e. The number of hydrogen-bond acceptors (Lipinski definition) is 5. The summed E-state index contributed by atoms with van der Waals surface area (Å²) in [4.78, 5) is -0.164. The number of ether oxygens (including phenoxy) is 1. The Labute approximate surface area is 126 Å². The Morgan fingerprint density at radius 3 is 2.52 bits per heavy atom. The summed E-state index contributed by atoms with van der Waals surface area (Å²) < 4.78 is 29.9. The molecule has 0 aliphatic carbocycles. The van der Waals surface area contributed by atoms with Gasteiger partial charge in [0, 0.05) is 11.1 Å². The monoisotopic (exact) mass is 323 g/mol. The first-order valence-electron chi connectivity index (χ1n) is 5.71. The molecule has 0 bridgehead atoms. The van der Waals surface area contributed by atoms with Gasteiger partial charge in [0.05, 0.1) is 28.5 Å². The highest BCUT2D eigenvalue weighted by Gasteiger charge is 2.20. The van der Waals surface area contributed by atoms with E-state index in [9.17, 15) is 13.5 Å². The molecule has 5 nitrogen and oxygen atoms in total. The topological polar surface area (TPSA) is 87.4 Å². The molecular formula is C14H10ClNO4S. The van der Waals surface area contributed by atoms with Crippen LogP contribution in [0.25, 0.3) is 0 Å². The molecule has 0 aliphatic rings. The summed E-state index contributed by atoms with van der Waals surface area (Å²) in [5, 5.41) is 18.5. The van der Waals surface area contributed by atoms with Crippen LogP contribution < -0.4 is 4.74 Å². The van der Waals surface area contributed by atoms with Gasteiger partial charge < -0.3 is 9.84 Å². The largest absolute Gasteiger partial charge is 0.504 e. The lowest BCUT2D eigenvalue weighted by atomic mass is 10.2. The number of halogens is 1. The molecule has 0 aromatic heterocycles. The van der Waals surface area contributed by atoms with Crippen molar-refractivity contribution in [2.75, 3.05) is 7.11 Å². The van der Waals surface area contributed by atoms with Crippen molar-refractivity contribution < 1.29 is 18.3 Å². The minimum atomic E-state index is -3.87. The molecule has 2 aromatic rings. The molecule has 7 heteroatoms. The zero-order valence-corrected chi connectivity index (χ0v) is 12.4. The normalized spacial score (nSPS) is 10.9. The van der Waals surface area contributed by atoms with E-state index in [-0.39, 0.29) is 31.9 Å². The molecule has 0 radical (unpaired) electrons. The number of phenolic OH excluding ortho intramolecular Hbond substituents is 1. The molecule has 0 saturated carbocycles. The van der Waals surface area contributed by atoms with Gasteiger partial charge >= 0.3 is 0 Å². The maximum absolute atomic E-state index is 12.5. The molecule has 2 aromatic carbocycles. The first-order chi connectivity index (χ1) is 9.88. The van der Waals surface area contributed by atoms with Crippen molar-refractivity contribution in [1.29, 1.82) is 5.26 Å². The highest BCUT2D eigenvalue weighted by Crippen LogP contribution is 2.32. The van der Waals surface area contributed by atoms with Gasteiger partial charge in [0.15, 0.2) is 11.5 Å². The number of nitrogens with zero attached hydrogens (tertiary/aromatic N) is 1. The van der Waals surface area contributed by atoms with Crippen LogP contribution >= 0.6 is 11.6 Å². The van der Waals surface area contributed by atoms with Crippen LogP contribution in [0.1, 0.15) is 5.56 Å². The van der Waals surface area contributed by atoms with Gasteiger partial charge in [0.25, 0.3) is 0 Å². The minimum absolute atomic E-state index is 0.0404. The van der Waals surface area contributed by atoms with Crippen LogP contribution in [-0.2, 0) is 9.84 Å². The molecule has 0 atom stereocenters. The van der Waals surface area contributed by atoms with E-state index in [1.165, 1.54) is 43.5 Å². The molecule has 0 amide bonds. The number of phenols is 1. The summed E-state index contributed by atoms with van der Waals surface area (Å²) in [6.45, 7) is 0. The molecular weight excluding hydrogens is 314 g/mol. The second-order valence-corrected chi connectivity index (χ2v) is 6.51. The number of aromatic hydroxyl groups is 1. The summed E-state index contributed by atoms with van der Waals surface area (Å²) in [5.74, 6) is -0.126. The van der Waals surface area contributed by atoms with Gasteiger partial charge in [-0.2, -0.15) is 5.26 Å². The number of nitriles is 1. The van der Waals surface area contributed by atoms with E-state index in [1.54, 1.807) is 0 Å². The van der Waals surface area contributed by atoms with Crippen molar-refractivity contribution in [3.8, 4) is 17.6 Å². The first-order valence-corrected chi connectivity index (χ1v) is 7.57. The van der Waals surface area contributed by atoms with Crippen molar-refractivity contribution in [2.45, 2.75) is 9.79 Å². The fraction of sp³-hybridized carbons (Fsp3) is 0.0714. The number of benzene rings is 2. The lowest BCUT2D eigenvalue weighted by Crippen LogP contribution is -2.03. The number of hydrogen-bond donors (Lipinski definition) is 1. The van der Waals surface area contributed by atoms with E-state index < -0.39 is 9.84 Å². The van der Waals surface area contributed by atoms with Crippen molar-refractivity contribution >= 4 is 21.4 Å². The van der Waals surface area contributed by atoms with E-state index in [2.05, 4.69) is 0 Å². The average molecular weight is 324 g/mol. The summed E-state index contributed by atoms with van der Waals surface area (Å²) in [7, 11) is -2.55. The standard InChI is InChI=1S/C14H10ClNO4S/c1-20-14-7-11(2-3-13(14)17)21(18,19)12-5-9(8-16)4-10(15)6-12/h2-7,17H,1H3. The van der Waals surface area contributed by atoms with Crippen LogP contribution in [0.5, 0.6) is 11.5 Å². The fourth-order valence-electron chi connectivity index (χ4n) is 1.74. The number of rotatable bonds is 3. The Balaban J connectivity index is 2.62. The molecule has 0 fully saturated rings.